The zero-order valence-corrected chi connectivity index (χ0v) is 9.35. The van der Waals surface area contributed by atoms with Crippen LogP contribution in [0.2, 0.25) is 0 Å². The Kier molecular flexibility index (Phi) is 2.60. The number of rotatable bonds is 2. The van der Waals surface area contributed by atoms with Gasteiger partial charge in [0.2, 0.25) is 0 Å². The van der Waals surface area contributed by atoms with Crippen LogP contribution in [0.1, 0.15) is 0 Å². The molecule has 0 radical (unpaired) electrons. The first kappa shape index (κ1) is 9.98. The highest BCUT2D eigenvalue weighted by Crippen LogP contribution is 2.31. The minimum atomic E-state index is 0.690. The first-order valence-electron chi connectivity index (χ1n) is 4.49. The second kappa shape index (κ2) is 3.90. The van der Waals surface area contributed by atoms with Crippen LogP contribution in [0.5, 0.6) is 11.5 Å². The minimum Gasteiger partial charge on any atom is -0.493 e. The van der Waals surface area contributed by atoms with Crippen LogP contribution in [0.15, 0.2) is 24.4 Å². The molecule has 0 aliphatic carbocycles. The van der Waals surface area contributed by atoms with Gasteiger partial charge in [-0.15, -0.1) is 0 Å². The fourth-order valence-corrected chi connectivity index (χ4v) is 1.74. The van der Waals surface area contributed by atoms with Crippen molar-refractivity contribution < 1.29 is 9.47 Å². The number of fused-ring (bicyclic) bond motifs is 1. The van der Waals surface area contributed by atoms with Crippen LogP contribution in [0.4, 0.5) is 0 Å². The molecule has 1 N–H and O–H groups in total. The molecule has 0 saturated carbocycles. The summed E-state index contributed by atoms with van der Waals surface area (Å²) in [4.78, 5) is 3.12. The van der Waals surface area contributed by atoms with Crippen LogP contribution in [0.25, 0.3) is 10.9 Å². The summed E-state index contributed by atoms with van der Waals surface area (Å²) in [6, 6.07) is 5.61. The van der Waals surface area contributed by atoms with Crippen molar-refractivity contribution >= 4 is 23.1 Å². The van der Waals surface area contributed by atoms with E-state index in [9.17, 15) is 0 Å². The topological polar surface area (TPSA) is 34.2 Å². The van der Waals surface area contributed by atoms with Gasteiger partial charge in [0.25, 0.3) is 0 Å². The van der Waals surface area contributed by atoms with Crippen LogP contribution in [-0.2, 0) is 0 Å². The van der Waals surface area contributed by atoms with E-state index in [1.54, 1.807) is 14.2 Å². The SMILES string of the molecule is COc1cc2[nH]ccc(=S)c2cc1OC. The van der Waals surface area contributed by atoms with Crippen LogP contribution >= 0.6 is 12.2 Å². The molecule has 2 aromatic rings. The number of H-pyrrole nitrogens is 1. The van der Waals surface area contributed by atoms with E-state index < -0.39 is 0 Å². The molecular formula is C11H11NO2S. The molecule has 0 amide bonds. The Balaban J connectivity index is 2.81. The van der Waals surface area contributed by atoms with Gasteiger partial charge in [-0.2, -0.15) is 0 Å². The van der Waals surface area contributed by atoms with Crippen LogP contribution in [0.3, 0.4) is 0 Å². The number of pyridine rings is 1. The van der Waals surface area contributed by atoms with Gasteiger partial charge in [-0.3, -0.25) is 0 Å². The maximum Gasteiger partial charge on any atom is 0.162 e. The minimum absolute atomic E-state index is 0.690. The van der Waals surface area contributed by atoms with Crippen LogP contribution < -0.4 is 9.47 Å². The molecular weight excluding hydrogens is 210 g/mol. The van der Waals surface area contributed by atoms with Gasteiger partial charge in [0.15, 0.2) is 11.5 Å². The molecule has 4 heteroatoms. The lowest BCUT2D eigenvalue weighted by molar-refractivity contribution is 0.356. The monoisotopic (exact) mass is 221 g/mol. The summed E-state index contributed by atoms with van der Waals surface area (Å²) in [6.45, 7) is 0. The van der Waals surface area contributed by atoms with E-state index in [0.717, 1.165) is 15.4 Å². The normalized spacial score (nSPS) is 10.3. The lowest BCUT2D eigenvalue weighted by Gasteiger charge is -2.08. The highest BCUT2D eigenvalue weighted by atomic mass is 32.1. The number of aromatic amines is 1. The Morgan fingerprint density at radius 3 is 2.47 bits per heavy atom. The Labute approximate surface area is 92.6 Å². The quantitative estimate of drug-likeness (QED) is 0.792. The summed E-state index contributed by atoms with van der Waals surface area (Å²) in [7, 11) is 3.22. The van der Waals surface area contributed by atoms with Crippen molar-refractivity contribution in [2.24, 2.45) is 0 Å². The van der Waals surface area contributed by atoms with Crippen molar-refractivity contribution in [3.05, 3.63) is 28.9 Å². The number of methoxy groups -OCH3 is 2. The second-order valence-corrected chi connectivity index (χ2v) is 3.53. The molecule has 0 saturated heterocycles. The number of hydrogen-bond acceptors (Lipinski definition) is 3. The number of benzene rings is 1. The van der Waals surface area contributed by atoms with Crippen LogP contribution in [0, 0.1) is 4.51 Å². The maximum absolute atomic E-state index is 5.22. The second-order valence-electron chi connectivity index (χ2n) is 3.09. The van der Waals surface area contributed by atoms with E-state index in [4.69, 9.17) is 21.7 Å². The summed E-state index contributed by atoms with van der Waals surface area (Å²) in [5.74, 6) is 1.39. The molecule has 15 heavy (non-hydrogen) atoms. The molecule has 0 aliphatic rings. The summed E-state index contributed by atoms with van der Waals surface area (Å²) in [6.07, 6.45) is 1.82. The molecule has 0 bridgehead atoms. The Morgan fingerprint density at radius 2 is 1.80 bits per heavy atom. The van der Waals surface area contributed by atoms with Crippen molar-refractivity contribution in [2.75, 3.05) is 14.2 Å². The van der Waals surface area contributed by atoms with Gasteiger partial charge in [-0.25, -0.2) is 0 Å². The van der Waals surface area contributed by atoms with Crippen molar-refractivity contribution in [1.82, 2.24) is 4.98 Å². The first-order chi connectivity index (χ1) is 7.26. The zero-order chi connectivity index (χ0) is 10.8. The van der Waals surface area contributed by atoms with Gasteiger partial charge >= 0.3 is 0 Å². The van der Waals surface area contributed by atoms with E-state index in [0.29, 0.717) is 11.5 Å². The smallest absolute Gasteiger partial charge is 0.162 e. The molecule has 0 unspecified atom stereocenters. The molecule has 0 atom stereocenters. The third-order valence-corrected chi connectivity index (χ3v) is 2.62. The fraction of sp³-hybridized carbons (Fsp3) is 0.182. The zero-order valence-electron chi connectivity index (χ0n) is 8.53. The predicted molar refractivity (Wildman–Crippen MR) is 62.2 cm³/mol. The average Bonchev–Trinajstić information content (AvgIpc) is 2.28. The van der Waals surface area contributed by atoms with E-state index in [1.165, 1.54) is 0 Å². The molecule has 78 valence electrons. The Bertz CT molecular complexity index is 548. The molecule has 1 aromatic carbocycles. The number of ether oxygens (including phenoxy) is 2. The molecule has 2 rings (SSSR count). The third kappa shape index (κ3) is 1.68. The lowest BCUT2D eigenvalue weighted by Crippen LogP contribution is -1.91. The Hall–Kier alpha value is -1.55. The van der Waals surface area contributed by atoms with E-state index >= 15 is 0 Å². The van der Waals surface area contributed by atoms with Crippen LogP contribution in [-0.4, -0.2) is 19.2 Å². The van der Waals surface area contributed by atoms with Gasteiger partial charge in [0.1, 0.15) is 0 Å². The summed E-state index contributed by atoms with van der Waals surface area (Å²) in [5, 5.41) is 0.963. The largest absolute Gasteiger partial charge is 0.493 e. The molecule has 1 aromatic heterocycles. The molecule has 0 fully saturated rings. The van der Waals surface area contributed by atoms with Crippen molar-refractivity contribution in [1.29, 1.82) is 0 Å². The molecule has 1 heterocycles. The van der Waals surface area contributed by atoms with Gasteiger partial charge in [0.05, 0.1) is 19.7 Å². The summed E-state index contributed by atoms with van der Waals surface area (Å²) < 4.78 is 11.2. The molecule has 0 spiro atoms. The Morgan fingerprint density at radius 1 is 1.13 bits per heavy atom. The first-order valence-corrected chi connectivity index (χ1v) is 4.90. The predicted octanol–water partition coefficient (Wildman–Crippen LogP) is 2.91. The van der Waals surface area contributed by atoms with Gasteiger partial charge in [-0.05, 0) is 12.1 Å². The highest BCUT2D eigenvalue weighted by molar-refractivity contribution is 7.71. The standard InChI is InChI=1S/C11H11NO2S/c1-13-9-5-7-8(6-10(9)14-2)12-4-3-11(7)15/h3-6H,1-2H3,(H,12,15). The molecule has 3 nitrogen and oxygen atoms in total. The fourth-order valence-electron chi connectivity index (χ4n) is 1.50. The van der Waals surface area contributed by atoms with E-state index in [-0.39, 0.29) is 0 Å². The van der Waals surface area contributed by atoms with Crippen molar-refractivity contribution in [2.45, 2.75) is 0 Å². The number of aromatic nitrogens is 1. The van der Waals surface area contributed by atoms with Crippen molar-refractivity contribution in [3.8, 4) is 11.5 Å². The average molecular weight is 221 g/mol. The summed E-state index contributed by atoms with van der Waals surface area (Å²) >= 11 is 5.22. The van der Waals surface area contributed by atoms with E-state index in [1.807, 2.05) is 24.4 Å². The van der Waals surface area contributed by atoms with Gasteiger partial charge < -0.3 is 14.5 Å². The third-order valence-electron chi connectivity index (χ3n) is 2.26. The lowest BCUT2D eigenvalue weighted by atomic mass is 10.2. The summed E-state index contributed by atoms with van der Waals surface area (Å²) in [5.41, 5.74) is 0.945. The van der Waals surface area contributed by atoms with Crippen molar-refractivity contribution in [3.63, 3.8) is 0 Å². The van der Waals surface area contributed by atoms with E-state index in [2.05, 4.69) is 4.98 Å². The van der Waals surface area contributed by atoms with Gasteiger partial charge in [-0.1, -0.05) is 12.2 Å². The maximum atomic E-state index is 5.22. The number of nitrogens with one attached hydrogen (secondary N) is 1. The van der Waals surface area contributed by atoms with Gasteiger partial charge in [0, 0.05) is 22.2 Å². The highest BCUT2D eigenvalue weighted by Gasteiger charge is 2.06. The molecule has 0 aliphatic heterocycles. The number of hydrogen-bond donors (Lipinski definition) is 1.